The maximum absolute atomic E-state index is 12.9. The van der Waals surface area contributed by atoms with Crippen LogP contribution in [0.3, 0.4) is 0 Å². The first-order valence-corrected chi connectivity index (χ1v) is 8.57. The normalized spacial score (nSPS) is 17.5. The van der Waals surface area contributed by atoms with Crippen molar-refractivity contribution in [1.29, 1.82) is 0 Å². The summed E-state index contributed by atoms with van der Waals surface area (Å²) >= 11 is 1.18. The van der Waals surface area contributed by atoms with Crippen LogP contribution in [0.5, 0.6) is 0 Å². The average Bonchev–Trinajstić information content (AvgIpc) is 3.22. The van der Waals surface area contributed by atoms with Crippen LogP contribution in [0.4, 0.5) is 5.82 Å². The Labute approximate surface area is 139 Å². The number of anilines is 1. The second kappa shape index (κ2) is 6.57. The summed E-state index contributed by atoms with van der Waals surface area (Å²) in [6.07, 6.45) is 2.60. The van der Waals surface area contributed by atoms with Crippen LogP contribution in [0.2, 0.25) is 0 Å². The third kappa shape index (κ3) is 3.03. The fraction of sp³-hybridized carbons (Fsp3) is 0.533. The fourth-order valence-electron chi connectivity index (χ4n) is 2.94. The zero-order valence-electron chi connectivity index (χ0n) is 13.5. The Morgan fingerprint density at radius 1 is 1.48 bits per heavy atom. The van der Waals surface area contributed by atoms with Crippen molar-refractivity contribution in [3.8, 4) is 0 Å². The molecule has 0 aromatic carbocycles. The van der Waals surface area contributed by atoms with E-state index >= 15 is 0 Å². The molecule has 0 spiro atoms. The van der Waals surface area contributed by atoms with Gasteiger partial charge in [-0.3, -0.25) is 4.79 Å². The molecule has 3 heterocycles. The first-order chi connectivity index (χ1) is 11.1. The van der Waals surface area contributed by atoms with Gasteiger partial charge >= 0.3 is 0 Å². The summed E-state index contributed by atoms with van der Waals surface area (Å²) < 4.78 is 3.93. The van der Waals surface area contributed by atoms with Crippen LogP contribution in [0.1, 0.15) is 52.7 Å². The van der Waals surface area contributed by atoms with Gasteiger partial charge in [-0.2, -0.15) is 0 Å². The zero-order valence-corrected chi connectivity index (χ0v) is 14.4. The Morgan fingerprint density at radius 3 is 3.04 bits per heavy atom. The van der Waals surface area contributed by atoms with Crippen LogP contribution in [-0.2, 0) is 6.42 Å². The molecule has 7 nitrogen and oxygen atoms in total. The lowest BCUT2D eigenvalue weighted by atomic mass is 10.1. The molecule has 0 saturated carbocycles. The van der Waals surface area contributed by atoms with E-state index in [4.69, 9.17) is 0 Å². The summed E-state index contributed by atoms with van der Waals surface area (Å²) in [4.78, 5) is 24.3. The minimum Gasteiger partial charge on any atom is -0.373 e. The lowest BCUT2D eigenvalue weighted by molar-refractivity contribution is 0.0736. The van der Waals surface area contributed by atoms with Crippen molar-refractivity contribution in [1.82, 2.24) is 24.5 Å². The van der Waals surface area contributed by atoms with Crippen molar-refractivity contribution in [2.75, 3.05) is 18.9 Å². The molecule has 1 N–H and O–H groups in total. The quantitative estimate of drug-likeness (QED) is 0.924. The van der Waals surface area contributed by atoms with E-state index in [1.54, 1.807) is 0 Å². The molecule has 1 aliphatic rings. The van der Waals surface area contributed by atoms with Gasteiger partial charge in [0.1, 0.15) is 16.5 Å². The molecule has 0 radical (unpaired) electrons. The number of likely N-dealkylation sites (tertiary alicyclic amines) is 1. The lowest BCUT2D eigenvalue weighted by Crippen LogP contribution is -2.31. The van der Waals surface area contributed by atoms with Crippen LogP contribution in [0, 0.1) is 6.92 Å². The number of carbonyl (C=O) groups excluding carboxylic acids is 1. The van der Waals surface area contributed by atoms with Gasteiger partial charge in [-0.25, -0.2) is 9.97 Å². The van der Waals surface area contributed by atoms with E-state index in [0.29, 0.717) is 17.1 Å². The summed E-state index contributed by atoms with van der Waals surface area (Å²) in [5, 5.41) is 7.10. The summed E-state index contributed by atoms with van der Waals surface area (Å²) in [6, 6.07) is 1.91. The van der Waals surface area contributed by atoms with E-state index in [0.717, 1.165) is 36.6 Å². The Balaban J connectivity index is 1.91. The molecular formula is C15H20N6OS. The van der Waals surface area contributed by atoms with E-state index in [1.807, 2.05) is 31.9 Å². The van der Waals surface area contributed by atoms with Gasteiger partial charge < -0.3 is 10.2 Å². The molecule has 2 aromatic heterocycles. The molecule has 2 aromatic rings. The number of carbonyl (C=O) groups is 1. The van der Waals surface area contributed by atoms with Crippen LogP contribution in [0.25, 0.3) is 0 Å². The minimum absolute atomic E-state index is 0.0110. The van der Waals surface area contributed by atoms with Crippen molar-refractivity contribution >= 4 is 23.3 Å². The molecule has 0 bridgehead atoms. The van der Waals surface area contributed by atoms with Gasteiger partial charge in [-0.15, -0.1) is 5.10 Å². The predicted octanol–water partition coefficient (Wildman–Crippen LogP) is 2.22. The topological polar surface area (TPSA) is 83.9 Å². The Morgan fingerprint density at radius 2 is 2.30 bits per heavy atom. The van der Waals surface area contributed by atoms with Gasteiger partial charge in [0.15, 0.2) is 0 Å². The molecular weight excluding hydrogens is 312 g/mol. The Bertz CT molecular complexity index is 716. The van der Waals surface area contributed by atoms with E-state index in [-0.39, 0.29) is 11.9 Å². The number of aryl methyl sites for hydroxylation is 2. The molecule has 1 unspecified atom stereocenters. The predicted molar refractivity (Wildman–Crippen MR) is 88.6 cm³/mol. The van der Waals surface area contributed by atoms with Crippen LogP contribution in [-0.4, -0.2) is 44.0 Å². The van der Waals surface area contributed by atoms with E-state index in [1.165, 1.54) is 11.5 Å². The zero-order chi connectivity index (χ0) is 16.4. The molecule has 122 valence electrons. The smallest absolute Gasteiger partial charge is 0.268 e. The number of nitrogens with one attached hydrogen (secondary N) is 1. The van der Waals surface area contributed by atoms with E-state index in [9.17, 15) is 4.79 Å². The first-order valence-electron chi connectivity index (χ1n) is 7.79. The van der Waals surface area contributed by atoms with E-state index < -0.39 is 0 Å². The molecule has 1 fully saturated rings. The van der Waals surface area contributed by atoms with Crippen molar-refractivity contribution in [2.45, 2.75) is 39.2 Å². The number of hydrogen-bond acceptors (Lipinski definition) is 7. The number of hydrogen-bond donors (Lipinski definition) is 1. The van der Waals surface area contributed by atoms with Gasteiger partial charge in [-0.1, -0.05) is 11.4 Å². The van der Waals surface area contributed by atoms with E-state index in [2.05, 4.69) is 24.9 Å². The fourth-order valence-corrected chi connectivity index (χ4v) is 3.65. The molecule has 1 aliphatic heterocycles. The number of rotatable bonds is 4. The van der Waals surface area contributed by atoms with Gasteiger partial charge in [0.05, 0.1) is 17.4 Å². The summed E-state index contributed by atoms with van der Waals surface area (Å²) in [5.41, 5.74) is 1.67. The summed E-state index contributed by atoms with van der Waals surface area (Å²) in [6.45, 7) is 4.60. The highest BCUT2D eigenvalue weighted by Gasteiger charge is 2.33. The molecule has 3 rings (SSSR count). The highest BCUT2D eigenvalue weighted by Crippen LogP contribution is 2.33. The van der Waals surface area contributed by atoms with Crippen LogP contribution < -0.4 is 5.32 Å². The van der Waals surface area contributed by atoms with Crippen LogP contribution >= 0.6 is 11.5 Å². The first kappa shape index (κ1) is 15.8. The Hall–Kier alpha value is -2.09. The maximum Gasteiger partial charge on any atom is 0.268 e. The highest BCUT2D eigenvalue weighted by atomic mass is 32.1. The molecule has 1 saturated heterocycles. The molecule has 0 aliphatic carbocycles. The highest BCUT2D eigenvalue weighted by molar-refractivity contribution is 7.08. The van der Waals surface area contributed by atoms with Crippen molar-refractivity contribution in [3.63, 3.8) is 0 Å². The van der Waals surface area contributed by atoms with Gasteiger partial charge in [0, 0.05) is 19.7 Å². The molecule has 1 amide bonds. The van der Waals surface area contributed by atoms with Crippen molar-refractivity contribution in [2.24, 2.45) is 0 Å². The molecule has 8 heteroatoms. The second-order valence-corrected chi connectivity index (χ2v) is 6.29. The number of aromatic nitrogens is 4. The third-order valence-electron chi connectivity index (χ3n) is 4.05. The van der Waals surface area contributed by atoms with Crippen LogP contribution in [0.15, 0.2) is 6.07 Å². The average molecular weight is 332 g/mol. The second-order valence-electron chi connectivity index (χ2n) is 5.53. The van der Waals surface area contributed by atoms with Gasteiger partial charge in [0.2, 0.25) is 0 Å². The maximum atomic E-state index is 12.9. The van der Waals surface area contributed by atoms with Gasteiger partial charge in [0.25, 0.3) is 5.91 Å². The van der Waals surface area contributed by atoms with Crippen molar-refractivity contribution in [3.05, 3.63) is 28.2 Å². The Kier molecular flexibility index (Phi) is 4.51. The third-order valence-corrected chi connectivity index (χ3v) is 4.81. The lowest BCUT2D eigenvalue weighted by Gasteiger charge is -2.24. The van der Waals surface area contributed by atoms with Gasteiger partial charge in [-0.05, 0) is 37.7 Å². The SMILES string of the molecule is CCc1nnsc1C(=O)N1CCCC1c1cc(NC)nc(C)n1. The summed E-state index contributed by atoms with van der Waals surface area (Å²) in [7, 11) is 1.83. The largest absolute Gasteiger partial charge is 0.373 e. The number of nitrogens with zero attached hydrogens (tertiary/aromatic N) is 5. The summed E-state index contributed by atoms with van der Waals surface area (Å²) in [5.74, 6) is 1.50. The van der Waals surface area contributed by atoms with Crippen molar-refractivity contribution < 1.29 is 4.79 Å². The standard InChI is InChI=1S/C15H20N6OS/c1-4-10-14(23-20-19-10)15(22)21-7-5-6-12(21)11-8-13(16-3)18-9(2)17-11/h8,12H,4-7H2,1-3H3,(H,16,17,18). The molecule has 23 heavy (non-hydrogen) atoms. The minimum atomic E-state index is -0.0110. The molecule has 1 atom stereocenters. The number of amides is 1. The monoisotopic (exact) mass is 332 g/mol.